The molecule has 3 aromatic carbocycles. The van der Waals surface area contributed by atoms with Gasteiger partial charge in [0.2, 0.25) is 0 Å². The van der Waals surface area contributed by atoms with Crippen LogP contribution in [0, 0.1) is 11.3 Å². The lowest BCUT2D eigenvalue weighted by molar-refractivity contribution is -0.132. The normalized spacial score (nSPS) is 17.6. The molecule has 3 aromatic rings. The zero-order chi connectivity index (χ0) is 24.6. The van der Waals surface area contributed by atoms with Gasteiger partial charge in [0, 0.05) is 16.3 Å². The maximum Gasteiger partial charge on any atom is 0.300 e. The number of nitrogens with zero attached hydrogens (tertiary/aromatic N) is 2. The minimum Gasteiger partial charge on any atom is -0.507 e. The molecule has 170 valence electrons. The maximum atomic E-state index is 13.2. The molecule has 0 aromatic heterocycles. The number of nitriles is 1. The fraction of sp³-hybridized carbons (Fsp3) is 0.179. The maximum absolute atomic E-state index is 13.2. The molecule has 1 amide bonds. The summed E-state index contributed by atoms with van der Waals surface area (Å²) in [6, 6.07) is 21.8. The van der Waals surface area contributed by atoms with Crippen molar-refractivity contribution in [3.05, 3.63) is 106 Å². The van der Waals surface area contributed by atoms with Crippen molar-refractivity contribution in [1.82, 2.24) is 0 Å². The van der Waals surface area contributed by atoms with E-state index in [0.29, 0.717) is 27.4 Å². The summed E-state index contributed by atoms with van der Waals surface area (Å²) in [5.74, 6) is -1.83. The number of benzene rings is 3. The van der Waals surface area contributed by atoms with E-state index in [4.69, 9.17) is 16.9 Å². The van der Waals surface area contributed by atoms with Crippen molar-refractivity contribution in [3.8, 4) is 6.07 Å². The number of amides is 1. The van der Waals surface area contributed by atoms with Crippen LogP contribution in [0.5, 0.6) is 0 Å². The summed E-state index contributed by atoms with van der Waals surface area (Å²) in [6.07, 6.45) is 0. The van der Waals surface area contributed by atoms with Gasteiger partial charge in [0.05, 0.1) is 23.2 Å². The zero-order valence-corrected chi connectivity index (χ0v) is 19.8. The second kappa shape index (κ2) is 8.81. The van der Waals surface area contributed by atoms with E-state index < -0.39 is 17.7 Å². The number of hydrogen-bond acceptors (Lipinski definition) is 4. The lowest BCUT2D eigenvalue weighted by atomic mass is 9.85. The molecule has 0 bridgehead atoms. The molecule has 1 atom stereocenters. The Kier molecular flexibility index (Phi) is 6.03. The monoisotopic (exact) mass is 470 g/mol. The first-order chi connectivity index (χ1) is 16.1. The molecule has 4 rings (SSSR count). The molecule has 34 heavy (non-hydrogen) atoms. The highest BCUT2D eigenvalue weighted by Crippen LogP contribution is 2.42. The first kappa shape index (κ1) is 23.3. The summed E-state index contributed by atoms with van der Waals surface area (Å²) in [5.41, 5.74) is 2.93. The van der Waals surface area contributed by atoms with Gasteiger partial charge in [-0.15, -0.1) is 0 Å². The quantitative estimate of drug-likeness (QED) is 0.283. The molecule has 1 aliphatic rings. The van der Waals surface area contributed by atoms with E-state index in [1.807, 2.05) is 30.3 Å². The summed E-state index contributed by atoms with van der Waals surface area (Å²) in [6.45, 7) is 6.30. The summed E-state index contributed by atoms with van der Waals surface area (Å²) >= 11 is 6.10. The molecule has 1 heterocycles. The molecule has 1 N–H and O–H groups in total. The van der Waals surface area contributed by atoms with Gasteiger partial charge in [0.25, 0.3) is 11.7 Å². The molecule has 1 fully saturated rings. The van der Waals surface area contributed by atoms with E-state index in [1.54, 1.807) is 48.5 Å². The number of halogens is 1. The van der Waals surface area contributed by atoms with Gasteiger partial charge in [0.1, 0.15) is 5.76 Å². The van der Waals surface area contributed by atoms with Gasteiger partial charge in [-0.2, -0.15) is 5.26 Å². The Morgan fingerprint density at radius 2 is 1.65 bits per heavy atom. The van der Waals surface area contributed by atoms with Gasteiger partial charge in [-0.1, -0.05) is 68.8 Å². The van der Waals surface area contributed by atoms with Gasteiger partial charge in [0.15, 0.2) is 0 Å². The Morgan fingerprint density at radius 3 is 2.21 bits per heavy atom. The standard InChI is InChI=1S/C28H23ClN2O3/c1-28(2,3)20-11-9-18(10-12-20)24-23(25(32)19-5-4-6-21(29)15-19)26(33)27(34)31(24)22-13-7-17(16-30)8-14-22/h4-15,24,32H,1-3H3/b25-23-. The molecular formula is C28H23ClN2O3. The highest BCUT2D eigenvalue weighted by molar-refractivity contribution is 6.51. The lowest BCUT2D eigenvalue weighted by Gasteiger charge is -2.26. The van der Waals surface area contributed by atoms with Crippen molar-refractivity contribution < 1.29 is 14.7 Å². The van der Waals surface area contributed by atoms with Crippen molar-refractivity contribution in [2.24, 2.45) is 0 Å². The third kappa shape index (κ3) is 4.21. The molecule has 0 radical (unpaired) electrons. The molecular weight excluding hydrogens is 448 g/mol. The molecule has 1 aliphatic heterocycles. The van der Waals surface area contributed by atoms with E-state index in [-0.39, 0.29) is 16.7 Å². The van der Waals surface area contributed by atoms with E-state index in [2.05, 4.69) is 20.8 Å². The largest absolute Gasteiger partial charge is 0.507 e. The average Bonchev–Trinajstić information content (AvgIpc) is 3.08. The second-order valence-corrected chi connectivity index (χ2v) is 9.65. The van der Waals surface area contributed by atoms with Crippen LogP contribution in [-0.4, -0.2) is 16.8 Å². The predicted molar refractivity (Wildman–Crippen MR) is 133 cm³/mol. The van der Waals surface area contributed by atoms with Crippen molar-refractivity contribution in [1.29, 1.82) is 5.26 Å². The number of aliphatic hydroxyl groups is 1. The third-order valence-electron chi connectivity index (χ3n) is 5.91. The second-order valence-electron chi connectivity index (χ2n) is 9.21. The van der Waals surface area contributed by atoms with Crippen LogP contribution in [0.1, 0.15) is 49.1 Å². The summed E-state index contributed by atoms with van der Waals surface area (Å²) in [7, 11) is 0. The fourth-order valence-corrected chi connectivity index (χ4v) is 4.26. The average molecular weight is 471 g/mol. The summed E-state index contributed by atoms with van der Waals surface area (Å²) in [5, 5.41) is 20.7. The highest BCUT2D eigenvalue weighted by atomic mass is 35.5. The predicted octanol–water partition coefficient (Wildman–Crippen LogP) is 6.14. The van der Waals surface area contributed by atoms with Crippen LogP contribution in [-0.2, 0) is 15.0 Å². The van der Waals surface area contributed by atoms with Crippen LogP contribution in [0.4, 0.5) is 5.69 Å². The molecule has 6 heteroatoms. The number of Topliss-reactive ketones (excluding diaryl/α,β-unsaturated/α-hetero) is 1. The van der Waals surface area contributed by atoms with Gasteiger partial charge in [-0.3, -0.25) is 14.5 Å². The van der Waals surface area contributed by atoms with Crippen LogP contribution < -0.4 is 4.90 Å². The van der Waals surface area contributed by atoms with Crippen molar-refractivity contribution in [3.63, 3.8) is 0 Å². The van der Waals surface area contributed by atoms with Gasteiger partial charge in [-0.05, 0) is 52.9 Å². The smallest absolute Gasteiger partial charge is 0.300 e. The zero-order valence-electron chi connectivity index (χ0n) is 19.0. The first-order valence-electron chi connectivity index (χ1n) is 10.8. The van der Waals surface area contributed by atoms with Crippen LogP contribution in [0.3, 0.4) is 0 Å². The third-order valence-corrected chi connectivity index (χ3v) is 6.14. The topological polar surface area (TPSA) is 81.4 Å². The minimum absolute atomic E-state index is 0.0138. The Bertz CT molecular complexity index is 1340. The number of aliphatic hydroxyl groups excluding tert-OH is 1. The van der Waals surface area contributed by atoms with E-state index in [9.17, 15) is 14.7 Å². The molecule has 1 saturated heterocycles. The molecule has 5 nitrogen and oxygen atoms in total. The highest BCUT2D eigenvalue weighted by Gasteiger charge is 2.47. The van der Waals surface area contributed by atoms with E-state index in [1.165, 1.54) is 4.90 Å². The van der Waals surface area contributed by atoms with Crippen LogP contribution >= 0.6 is 11.6 Å². The van der Waals surface area contributed by atoms with Gasteiger partial charge in [-0.25, -0.2) is 0 Å². The molecule has 1 unspecified atom stereocenters. The van der Waals surface area contributed by atoms with Gasteiger partial charge >= 0.3 is 0 Å². The SMILES string of the molecule is CC(C)(C)c1ccc(C2/C(=C(/O)c3cccc(Cl)c3)C(=O)C(=O)N2c2ccc(C#N)cc2)cc1. The number of ketones is 1. The van der Waals surface area contributed by atoms with E-state index in [0.717, 1.165) is 5.56 Å². The van der Waals surface area contributed by atoms with Crippen LogP contribution in [0.2, 0.25) is 5.02 Å². The van der Waals surface area contributed by atoms with Crippen molar-refractivity contribution >= 4 is 34.7 Å². The Labute approximate surface area is 203 Å². The molecule has 0 aliphatic carbocycles. The minimum atomic E-state index is -0.846. The summed E-state index contributed by atoms with van der Waals surface area (Å²) in [4.78, 5) is 27.8. The van der Waals surface area contributed by atoms with Crippen molar-refractivity contribution in [2.75, 3.05) is 4.90 Å². The molecule has 0 saturated carbocycles. The fourth-order valence-electron chi connectivity index (χ4n) is 4.07. The van der Waals surface area contributed by atoms with Crippen LogP contribution in [0.15, 0.2) is 78.4 Å². The molecule has 0 spiro atoms. The lowest BCUT2D eigenvalue weighted by Crippen LogP contribution is -2.29. The Hall–Kier alpha value is -3.88. The number of carbonyl (C=O) groups excluding carboxylic acids is 2. The summed E-state index contributed by atoms with van der Waals surface area (Å²) < 4.78 is 0. The first-order valence-corrected chi connectivity index (χ1v) is 11.2. The van der Waals surface area contributed by atoms with Gasteiger partial charge < -0.3 is 5.11 Å². The Balaban J connectivity index is 1.93. The van der Waals surface area contributed by atoms with Crippen LogP contribution in [0.25, 0.3) is 5.76 Å². The number of carbonyl (C=O) groups is 2. The van der Waals surface area contributed by atoms with E-state index >= 15 is 0 Å². The van der Waals surface area contributed by atoms with Crippen molar-refractivity contribution in [2.45, 2.75) is 32.2 Å². The number of rotatable bonds is 3. The Morgan fingerprint density at radius 1 is 1.00 bits per heavy atom. The number of anilines is 1. The number of hydrogen-bond donors (Lipinski definition) is 1.